The number of anilines is 1. The van der Waals surface area contributed by atoms with Crippen LogP contribution < -0.4 is 11.1 Å². The number of nitrogens with two attached hydrogens (primary N) is 1. The lowest BCUT2D eigenvalue weighted by molar-refractivity contribution is -0.117. The third kappa shape index (κ3) is 5.55. The number of carbonyl (C=O) groups excluding carboxylic acids is 1. The number of aromatic nitrogens is 5. The lowest BCUT2D eigenvalue weighted by atomic mass is 10.0. The predicted octanol–water partition coefficient (Wildman–Crippen LogP) is 4.53. The Morgan fingerprint density at radius 1 is 1.02 bits per heavy atom. The van der Waals surface area contributed by atoms with Crippen molar-refractivity contribution in [2.75, 3.05) is 18.8 Å². The van der Waals surface area contributed by atoms with Crippen molar-refractivity contribution in [2.24, 2.45) is 0 Å². The number of piperidine rings is 1. The number of carbonyl (C=O) groups is 1. The van der Waals surface area contributed by atoms with Crippen LogP contribution in [0.15, 0.2) is 85.7 Å². The van der Waals surface area contributed by atoms with E-state index in [1.54, 1.807) is 12.3 Å². The second-order valence-corrected chi connectivity index (χ2v) is 10.0. The topological polar surface area (TPSA) is 115 Å². The van der Waals surface area contributed by atoms with Gasteiger partial charge in [-0.05, 0) is 73.0 Å². The van der Waals surface area contributed by atoms with Gasteiger partial charge in [-0.2, -0.15) is 0 Å². The Hall–Kier alpha value is -4.96. The Balaban J connectivity index is 1.32. The van der Waals surface area contributed by atoms with Gasteiger partial charge in [0.25, 0.3) is 0 Å². The molecule has 1 aliphatic rings. The van der Waals surface area contributed by atoms with Crippen molar-refractivity contribution in [2.45, 2.75) is 25.4 Å². The number of likely N-dealkylation sites (tertiary alicyclic amines) is 1. The number of pyridine rings is 3. The number of benzene rings is 1. The summed E-state index contributed by atoms with van der Waals surface area (Å²) in [6.45, 7) is 6.16. The van der Waals surface area contributed by atoms with Crippen molar-refractivity contribution < 1.29 is 9.18 Å². The second-order valence-electron chi connectivity index (χ2n) is 10.0. The molecule has 1 fully saturated rings. The summed E-state index contributed by atoms with van der Waals surface area (Å²) in [5.74, 6) is 0.472. The van der Waals surface area contributed by atoms with Gasteiger partial charge in [0, 0.05) is 37.6 Å². The maximum Gasteiger partial charge on any atom is 0.243 e. The third-order valence-electron chi connectivity index (χ3n) is 7.29. The van der Waals surface area contributed by atoms with E-state index in [1.165, 1.54) is 23.9 Å². The minimum atomic E-state index is -0.405. The van der Waals surface area contributed by atoms with E-state index in [9.17, 15) is 9.18 Å². The van der Waals surface area contributed by atoms with Crippen molar-refractivity contribution in [3.8, 4) is 28.5 Å². The van der Waals surface area contributed by atoms with Crippen LogP contribution in [0.1, 0.15) is 18.4 Å². The summed E-state index contributed by atoms with van der Waals surface area (Å²) in [6, 6.07) is 18.9. The van der Waals surface area contributed by atoms with Crippen LogP contribution in [0.2, 0.25) is 0 Å². The molecular formula is C31H29FN8O. The molecule has 3 N–H and O–H groups in total. The van der Waals surface area contributed by atoms with Gasteiger partial charge in [-0.15, -0.1) is 0 Å². The Kier molecular flexibility index (Phi) is 7.22. The highest BCUT2D eigenvalue weighted by atomic mass is 19.1. The summed E-state index contributed by atoms with van der Waals surface area (Å²) >= 11 is 0. The molecule has 0 bridgehead atoms. The minimum Gasteiger partial charge on any atom is -0.383 e. The normalized spacial score (nSPS) is 14.3. The highest BCUT2D eigenvalue weighted by Crippen LogP contribution is 2.31. The van der Waals surface area contributed by atoms with Gasteiger partial charge in [-0.25, -0.2) is 19.3 Å². The Labute approximate surface area is 236 Å². The van der Waals surface area contributed by atoms with Crippen molar-refractivity contribution in [1.29, 1.82) is 0 Å². The van der Waals surface area contributed by atoms with Gasteiger partial charge in [0.2, 0.25) is 5.91 Å². The lowest BCUT2D eigenvalue weighted by Gasteiger charge is -2.32. The number of nitrogens with one attached hydrogen (secondary N) is 1. The first-order valence-electron chi connectivity index (χ1n) is 13.5. The van der Waals surface area contributed by atoms with Crippen LogP contribution >= 0.6 is 0 Å². The van der Waals surface area contributed by atoms with Crippen LogP contribution in [0, 0.1) is 5.82 Å². The van der Waals surface area contributed by atoms with E-state index in [0.717, 1.165) is 38.2 Å². The van der Waals surface area contributed by atoms with E-state index >= 15 is 0 Å². The number of nitrogens with zero attached hydrogens (tertiary/aromatic N) is 6. The van der Waals surface area contributed by atoms with Crippen molar-refractivity contribution in [3.63, 3.8) is 0 Å². The molecular weight excluding hydrogens is 519 g/mol. The molecule has 0 unspecified atom stereocenters. The smallest absolute Gasteiger partial charge is 0.243 e. The molecule has 4 aromatic heterocycles. The predicted molar refractivity (Wildman–Crippen MR) is 156 cm³/mol. The van der Waals surface area contributed by atoms with Gasteiger partial charge < -0.3 is 11.1 Å². The van der Waals surface area contributed by atoms with Gasteiger partial charge in [0.15, 0.2) is 11.5 Å². The Morgan fingerprint density at radius 2 is 1.80 bits per heavy atom. The maximum atomic E-state index is 13.5. The van der Waals surface area contributed by atoms with E-state index < -0.39 is 5.82 Å². The maximum absolute atomic E-state index is 13.5. The van der Waals surface area contributed by atoms with Crippen LogP contribution in [-0.2, 0) is 11.3 Å². The average Bonchev–Trinajstić information content (AvgIpc) is 3.37. The van der Waals surface area contributed by atoms with E-state index in [-0.39, 0.29) is 11.9 Å². The first-order valence-corrected chi connectivity index (χ1v) is 13.5. The standard InChI is InChI=1S/C31H29FN8O/c1-2-28(41)36-22-13-16-39(17-14-22)19-20-5-8-23(9-6-20)40-30(24-4-3-15-34-29(24)33)38-27-12-11-26(37-31(27)40)25-10-7-21(32)18-35-25/h2-12,15,18,22H,1,13-14,16-17,19H2,(H2,33,34)(H,36,41). The van der Waals surface area contributed by atoms with Gasteiger partial charge in [-0.3, -0.25) is 19.2 Å². The van der Waals surface area contributed by atoms with Crippen molar-refractivity contribution in [3.05, 3.63) is 97.1 Å². The van der Waals surface area contributed by atoms with Crippen LogP contribution in [0.25, 0.3) is 39.6 Å². The second kappa shape index (κ2) is 11.3. The van der Waals surface area contributed by atoms with E-state index in [1.807, 2.05) is 41.0 Å². The van der Waals surface area contributed by atoms with Crippen molar-refractivity contribution in [1.82, 2.24) is 34.7 Å². The Bertz CT molecular complexity index is 1710. The van der Waals surface area contributed by atoms with Crippen molar-refractivity contribution >= 4 is 22.9 Å². The first kappa shape index (κ1) is 26.3. The van der Waals surface area contributed by atoms with E-state index in [2.05, 4.69) is 38.9 Å². The molecule has 206 valence electrons. The highest BCUT2D eigenvalue weighted by molar-refractivity contribution is 5.87. The molecule has 0 saturated carbocycles. The van der Waals surface area contributed by atoms with Gasteiger partial charge in [-0.1, -0.05) is 18.7 Å². The number of amides is 1. The van der Waals surface area contributed by atoms with Gasteiger partial charge in [0.05, 0.1) is 23.1 Å². The van der Waals surface area contributed by atoms with Gasteiger partial charge >= 0.3 is 0 Å². The summed E-state index contributed by atoms with van der Waals surface area (Å²) < 4.78 is 15.5. The molecule has 1 saturated heterocycles. The Morgan fingerprint density at radius 3 is 2.51 bits per heavy atom. The number of hydrogen-bond donors (Lipinski definition) is 2. The number of hydrogen-bond acceptors (Lipinski definition) is 7. The SMILES string of the molecule is C=CC(=O)NC1CCN(Cc2ccc(-n3c(-c4cccnc4N)nc4ccc(-c5ccc(F)cn5)nc43)cc2)CC1. The quantitative estimate of drug-likeness (QED) is 0.287. The fourth-order valence-electron chi connectivity index (χ4n) is 5.16. The average molecular weight is 549 g/mol. The summed E-state index contributed by atoms with van der Waals surface area (Å²) in [6.07, 6.45) is 5.96. The first-order chi connectivity index (χ1) is 20.0. The molecule has 0 aliphatic carbocycles. The molecule has 41 heavy (non-hydrogen) atoms. The number of nitrogen functional groups attached to an aromatic ring is 1. The number of fused-ring (bicyclic) bond motifs is 1. The summed E-state index contributed by atoms with van der Waals surface area (Å²) in [4.78, 5) is 32.2. The molecule has 0 radical (unpaired) electrons. The lowest BCUT2D eigenvalue weighted by Crippen LogP contribution is -2.43. The minimum absolute atomic E-state index is 0.117. The van der Waals surface area contributed by atoms with Crippen LogP contribution in [0.5, 0.6) is 0 Å². The summed E-state index contributed by atoms with van der Waals surface area (Å²) in [5, 5.41) is 3.00. The third-order valence-corrected chi connectivity index (χ3v) is 7.29. The molecule has 9 nitrogen and oxygen atoms in total. The zero-order valence-electron chi connectivity index (χ0n) is 22.4. The van der Waals surface area contributed by atoms with Crippen LogP contribution in [-0.4, -0.2) is 54.4 Å². The molecule has 1 amide bonds. The molecule has 1 aliphatic heterocycles. The number of halogens is 1. The molecule has 0 spiro atoms. The fourth-order valence-corrected chi connectivity index (χ4v) is 5.16. The monoisotopic (exact) mass is 548 g/mol. The molecule has 10 heteroatoms. The molecule has 6 rings (SSSR count). The molecule has 0 atom stereocenters. The van der Waals surface area contributed by atoms with Crippen LogP contribution in [0.4, 0.5) is 10.2 Å². The van der Waals surface area contributed by atoms with Gasteiger partial charge in [0.1, 0.15) is 17.2 Å². The summed E-state index contributed by atoms with van der Waals surface area (Å²) in [5.41, 5.74) is 11.5. The number of rotatable bonds is 7. The van der Waals surface area contributed by atoms with E-state index in [0.29, 0.717) is 39.8 Å². The zero-order chi connectivity index (χ0) is 28.3. The van der Waals surface area contributed by atoms with Crippen LogP contribution in [0.3, 0.4) is 0 Å². The fraction of sp³-hybridized carbons (Fsp3) is 0.194. The molecule has 5 heterocycles. The molecule has 5 aromatic rings. The zero-order valence-corrected chi connectivity index (χ0v) is 22.4. The highest BCUT2D eigenvalue weighted by Gasteiger charge is 2.21. The van der Waals surface area contributed by atoms with E-state index in [4.69, 9.17) is 15.7 Å². The largest absolute Gasteiger partial charge is 0.383 e. The molecule has 1 aromatic carbocycles. The number of imidazole rings is 1. The summed E-state index contributed by atoms with van der Waals surface area (Å²) in [7, 11) is 0.